The highest BCUT2D eigenvalue weighted by Gasteiger charge is 2.36. The van der Waals surface area contributed by atoms with E-state index >= 15 is 0 Å². The van der Waals surface area contributed by atoms with Gasteiger partial charge in [0.05, 0.1) is 6.10 Å². The highest BCUT2D eigenvalue weighted by atomic mass is 28.4. The molecule has 1 atom stereocenters. The summed E-state index contributed by atoms with van der Waals surface area (Å²) in [5, 5.41) is 10.3. The third kappa shape index (κ3) is 12.3. The number of hydrogen-bond acceptors (Lipinski definition) is 3. The largest absolute Gasteiger partial charge is 0.457 e. The lowest BCUT2D eigenvalue weighted by Crippen LogP contribution is -2.40. The number of rotatable bonds is 15. The molecule has 0 fully saturated rings. The van der Waals surface area contributed by atoms with Gasteiger partial charge in [-0.2, -0.15) is 0 Å². The van der Waals surface area contributed by atoms with E-state index in [1.165, 1.54) is 19.3 Å². The van der Waals surface area contributed by atoms with E-state index in [9.17, 15) is 5.11 Å². The Hall–Kier alpha value is -1.36. The minimum absolute atomic E-state index is 0.277. The fourth-order valence-electron chi connectivity index (χ4n) is 2.81. The summed E-state index contributed by atoms with van der Waals surface area (Å²) in [5.41, 5.74) is 0. The lowest BCUT2D eigenvalue weighted by Gasteiger charge is -2.36. The van der Waals surface area contributed by atoms with Gasteiger partial charge in [-0.3, -0.25) is 0 Å². The predicted octanol–water partition coefficient (Wildman–Crippen LogP) is 8.39. The van der Waals surface area contributed by atoms with Gasteiger partial charge in [-0.05, 0) is 80.9 Å². The average molecular weight is 447 g/mol. The summed E-state index contributed by atoms with van der Waals surface area (Å²) in [6.45, 7) is 14.5. The second-order valence-corrected chi connectivity index (χ2v) is 14.7. The van der Waals surface area contributed by atoms with Crippen LogP contribution in [0.25, 0.3) is 12.2 Å². The molecule has 0 radical (unpaired) electrons. The van der Waals surface area contributed by atoms with Gasteiger partial charge in [0, 0.05) is 6.61 Å². The SMILES string of the molecule is CCCCCC=CCC(O)C=Cc1ccc(C=CCCCCO[Si](C)(C)C(C)(C)C)o1. The van der Waals surface area contributed by atoms with Crippen LogP contribution in [0, 0.1) is 0 Å². The molecule has 0 bridgehead atoms. The van der Waals surface area contributed by atoms with Crippen molar-refractivity contribution in [3.8, 4) is 0 Å². The smallest absolute Gasteiger partial charge is 0.191 e. The summed E-state index contributed by atoms with van der Waals surface area (Å²) in [7, 11) is -1.62. The van der Waals surface area contributed by atoms with E-state index in [4.69, 9.17) is 8.84 Å². The van der Waals surface area contributed by atoms with Crippen molar-refractivity contribution in [1.82, 2.24) is 0 Å². The maximum atomic E-state index is 10.1. The molecule has 4 heteroatoms. The van der Waals surface area contributed by atoms with Crippen LogP contribution in [0.3, 0.4) is 0 Å². The molecule has 0 aliphatic rings. The van der Waals surface area contributed by atoms with Crippen LogP contribution in [-0.2, 0) is 4.43 Å². The van der Waals surface area contributed by atoms with E-state index in [2.05, 4.69) is 59.0 Å². The Balaban J connectivity index is 2.25. The van der Waals surface area contributed by atoms with E-state index in [-0.39, 0.29) is 5.04 Å². The molecule has 0 saturated heterocycles. The summed E-state index contributed by atoms with van der Waals surface area (Å²) < 4.78 is 12.0. The molecule has 3 nitrogen and oxygen atoms in total. The fraction of sp³-hybridized carbons (Fsp3) is 0.630. The molecule has 0 saturated carbocycles. The van der Waals surface area contributed by atoms with Crippen LogP contribution in [0.2, 0.25) is 18.1 Å². The number of unbranched alkanes of at least 4 members (excludes halogenated alkanes) is 5. The lowest BCUT2D eigenvalue weighted by atomic mass is 10.1. The van der Waals surface area contributed by atoms with Crippen LogP contribution in [-0.4, -0.2) is 26.1 Å². The van der Waals surface area contributed by atoms with Gasteiger partial charge in [0.2, 0.25) is 0 Å². The zero-order chi connectivity index (χ0) is 23.2. The van der Waals surface area contributed by atoms with E-state index in [0.29, 0.717) is 6.42 Å². The number of hydrogen-bond donors (Lipinski definition) is 1. The van der Waals surface area contributed by atoms with E-state index in [0.717, 1.165) is 43.8 Å². The Morgan fingerprint density at radius 2 is 1.61 bits per heavy atom. The Labute approximate surface area is 192 Å². The maximum absolute atomic E-state index is 10.1. The maximum Gasteiger partial charge on any atom is 0.191 e. The van der Waals surface area contributed by atoms with E-state index < -0.39 is 14.4 Å². The minimum Gasteiger partial charge on any atom is -0.457 e. The molecular weight excluding hydrogens is 400 g/mol. The summed E-state index contributed by atoms with van der Waals surface area (Å²) in [6, 6.07) is 3.91. The normalized spacial score (nSPS) is 14.4. The molecular formula is C27H46O3Si. The van der Waals surface area contributed by atoms with Crippen LogP contribution in [0.1, 0.15) is 90.6 Å². The predicted molar refractivity (Wildman–Crippen MR) is 138 cm³/mol. The highest BCUT2D eigenvalue weighted by molar-refractivity contribution is 6.74. The highest BCUT2D eigenvalue weighted by Crippen LogP contribution is 2.36. The summed E-state index contributed by atoms with van der Waals surface area (Å²) in [5.74, 6) is 1.62. The van der Waals surface area contributed by atoms with Crippen molar-refractivity contribution in [2.45, 2.75) is 103 Å². The summed E-state index contributed by atoms with van der Waals surface area (Å²) in [6.07, 6.45) is 20.3. The van der Waals surface area contributed by atoms with Crippen LogP contribution >= 0.6 is 0 Å². The third-order valence-electron chi connectivity index (χ3n) is 5.97. The fourth-order valence-corrected chi connectivity index (χ4v) is 3.89. The molecule has 0 aliphatic heterocycles. The average Bonchev–Trinajstić information content (AvgIpc) is 3.15. The molecule has 31 heavy (non-hydrogen) atoms. The monoisotopic (exact) mass is 446 g/mol. The zero-order valence-corrected chi connectivity index (χ0v) is 21.8. The first-order valence-electron chi connectivity index (χ1n) is 12.1. The van der Waals surface area contributed by atoms with Crippen LogP contribution in [0.5, 0.6) is 0 Å². The molecule has 1 heterocycles. The van der Waals surface area contributed by atoms with Crippen molar-refractivity contribution in [1.29, 1.82) is 0 Å². The first-order chi connectivity index (χ1) is 14.7. The molecule has 176 valence electrons. The van der Waals surface area contributed by atoms with Gasteiger partial charge in [-0.15, -0.1) is 0 Å². The van der Waals surface area contributed by atoms with Crippen LogP contribution < -0.4 is 0 Å². The quantitative estimate of drug-likeness (QED) is 0.167. The summed E-state index contributed by atoms with van der Waals surface area (Å²) in [4.78, 5) is 0. The van der Waals surface area contributed by atoms with Crippen LogP contribution in [0.4, 0.5) is 0 Å². The number of furan rings is 1. The number of aliphatic hydroxyl groups excluding tert-OH is 1. The molecule has 0 spiro atoms. The van der Waals surface area contributed by atoms with Crippen LogP contribution in [0.15, 0.2) is 40.9 Å². The minimum atomic E-state index is -1.62. The molecule has 1 aromatic rings. The molecule has 1 unspecified atom stereocenters. The second kappa shape index (κ2) is 14.7. The molecule has 0 amide bonds. The molecule has 0 aliphatic carbocycles. The van der Waals surface area contributed by atoms with Crippen molar-refractivity contribution in [2.75, 3.05) is 6.61 Å². The van der Waals surface area contributed by atoms with Gasteiger partial charge < -0.3 is 13.9 Å². The van der Waals surface area contributed by atoms with Gasteiger partial charge in [-0.1, -0.05) is 64.8 Å². The van der Waals surface area contributed by atoms with Gasteiger partial charge in [0.15, 0.2) is 8.32 Å². The van der Waals surface area contributed by atoms with Crippen molar-refractivity contribution in [3.63, 3.8) is 0 Å². The Morgan fingerprint density at radius 1 is 0.968 bits per heavy atom. The van der Waals surface area contributed by atoms with E-state index in [1.54, 1.807) is 6.08 Å². The van der Waals surface area contributed by atoms with Gasteiger partial charge in [0.1, 0.15) is 11.5 Å². The van der Waals surface area contributed by atoms with Crippen molar-refractivity contribution in [3.05, 3.63) is 48.0 Å². The number of allylic oxidation sites excluding steroid dienone is 2. The molecule has 1 aromatic heterocycles. The Kier molecular flexibility index (Phi) is 13.1. The first kappa shape index (κ1) is 27.7. The van der Waals surface area contributed by atoms with Crippen molar-refractivity contribution in [2.24, 2.45) is 0 Å². The van der Waals surface area contributed by atoms with Crippen molar-refractivity contribution >= 4 is 20.5 Å². The molecule has 1 rings (SSSR count). The number of aliphatic hydroxyl groups is 1. The zero-order valence-electron chi connectivity index (χ0n) is 20.8. The third-order valence-corrected chi connectivity index (χ3v) is 10.5. The topological polar surface area (TPSA) is 42.6 Å². The lowest BCUT2D eigenvalue weighted by molar-refractivity contribution is 0.227. The van der Waals surface area contributed by atoms with Crippen molar-refractivity contribution < 1.29 is 13.9 Å². The van der Waals surface area contributed by atoms with Gasteiger partial charge in [0.25, 0.3) is 0 Å². The summed E-state index contributed by atoms with van der Waals surface area (Å²) >= 11 is 0. The molecule has 0 aromatic carbocycles. The Morgan fingerprint density at radius 3 is 2.29 bits per heavy atom. The molecule has 1 N–H and O–H groups in total. The standard InChI is InChI=1S/C27H46O3Si/c1-7-8-9-10-11-14-17-24(28)19-20-26-22-21-25(30-26)18-15-12-13-16-23-29-31(5,6)27(2,3)4/h11,14-15,18-22,24,28H,7-10,12-13,16-17,23H2,1-6H3. The van der Waals surface area contributed by atoms with E-state index in [1.807, 2.05) is 24.3 Å². The van der Waals surface area contributed by atoms with Gasteiger partial charge in [-0.25, -0.2) is 0 Å². The second-order valence-electron chi connectivity index (χ2n) is 9.88. The van der Waals surface area contributed by atoms with Gasteiger partial charge >= 0.3 is 0 Å². The Bertz CT molecular complexity index is 677. The first-order valence-corrected chi connectivity index (χ1v) is 15.0.